The molecule has 0 aliphatic rings. The zero-order valence-electron chi connectivity index (χ0n) is 10.3. The van der Waals surface area contributed by atoms with Crippen LogP contribution in [0.25, 0.3) is 0 Å². The number of hydrogen-bond acceptors (Lipinski definition) is 5. The quantitative estimate of drug-likeness (QED) is 0.785. The third-order valence-electron chi connectivity index (χ3n) is 2.32. The predicted molar refractivity (Wildman–Crippen MR) is 71.6 cm³/mol. The van der Waals surface area contributed by atoms with Crippen molar-refractivity contribution in [3.63, 3.8) is 0 Å². The monoisotopic (exact) mass is 244 g/mol. The molecule has 0 bridgehead atoms. The largest absolute Gasteiger partial charge is 0.492 e. The number of nitrogen functional groups attached to an aromatic ring is 1. The first kappa shape index (κ1) is 12.2. The van der Waals surface area contributed by atoms with Crippen LogP contribution in [-0.4, -0.2) is 23.1 Å². The summed E-state index contributed by atoms with van der Waals surface area (Å²) in [6.45, 7) is 3.22. The second-order valence-corrected chi connectivity index (χ2v) is 3.93. The number of nitrogens with one attached hydrogen (secondary N) is 1. The Balaban J connectivity index is 1.74. The van der Waals surface area contributed by atoms with Crippen molar-refractivity contribution >= 4 is 11.6 Å². The molecule has 2 rings (SSSR count). The molecule has 0 aliphatic carbocycles. The third kappa shape index (κ3) is 3.62. The molecular formula is C13H16N4O. The van der Waals surface area contributed by atoms with Crippen molar-refractivity contribution in [3.8, 4) is 5.75 Å². The molecule has 0 radical (unpaired) electrons. The van der Waals surface area contributed by atoms with Gasteiger partial charge in [-0.15, -0.1) is 0 Å². The summed E-state index contributed by atoms with van der Waals surface area (Å²) in [5, 5.41) is 3.05. The summed E-state index contributed by atoms with van der Waals surface area (Å²) in [5.41, 5.74) is 7.23. The Hall–Kier alpha value is -2.30. The van der Waals surface area contributed by atoms with Crippen molar-refractivity contribution in [1.82, 2.24) is 9.97 Å². The highest BCUT2D eigenvalue weighted by atomic mass is 16.5. The number of benzene rings is 1. The number of aromatic nitrogens is 2. The maximum atomic E-state index is 5.59. The smallest absolute Gasteiger partial charge is 0.222 e. The van der Waals surface area contributed by atoms with E-state index >= 15 is 0 Å². The summed E-state index contributed by atoms with van der Waals surface area (Å²) in [7, 11) is 0. The summed E-state index contributed by atoms with van der Waals surface area (Å²) < 4.78 is 5.59. The van der Waals surface area contributed by atoms with Gasteiger partial charge in [0.25, 0.3) is 0 Å². The molecule has 0 unspecified atom stereocenters. The molecule has 0 saturated carbocycles. The van der Waals surface area contributed by atoms with Gasteiger partial charge in [-0.2, -0.15) is 0 Å². The molecule has 0 saturated heterocycles. The summed E-state index contributed by atoms with van der Waals surface area (Å²) in [5.74, 6) is 1.42. The van der Waals surface area contributed by atoms with Gasteiger partial charge in [-0.05, 0) is 24.6 Å². The standard InChI is InChI=1S/C13H16N4O/c1-10-3-2-4-12(7-10)18-6-5-15-13-16-8-11(14)9-17-13/h2-4,7-9H,5-6,14H2,1H3,(H,15,16,17). The highest BCUT2D eigenvalue weighted by Crippen LogP contribution is 2.11. The van der Waals surface area contributed by atoms with Gasteiger partial charge in [-0.25, -0.2) is 9.97 Å². The lowest BCUT2D eigenvalue weighted by molar-refractivity contribution is 0.332. The maximum Gasteiger partial charge on any atom is 0.222 e. The summed E-state index contributed by atoms with van der Waals surface area (Å²) in [6.07, 6.45) is 3.13. The molecule has 94 valence electrons. The highest BCUT2D eigenvalue weighted by Gasteiger charge is 1.96. The molecule has 5 heteroatoms. The molecule has 0 fully saturated rings. The molecule has 0 amide bonds. The van der Waals surface area contributed by atoms with Crippen LogP contribution in [0.15, 0.2) is 36.7 Å². The van der Waals surface area contributed by atoms with Crippen molar-refractivity contribution < 1.29 is 4.74 Å². The van der Waals surface area contributed by atoms with Crippen LogP contribution in [0.5, 0.6) is 5.75 Å². The van der Waals surface area contributed by atoms with Crippen molar-refractivity contribution in [2.45, 2.75) is 6.92 Å². The molecule has 1 aromatic heterocycles. The first-order valence-corrected chi connectivity index (χ1v) is 5.75. The number of ether oxygens (including phenoxy) is 1. The number of nitrogens with zero attached hydrogens (tertiary/aromatic N) is 2. The van der Waals surface area contributed by atoms with Gasteiger partial charge < -0.3 is 15.8 Å². The van der Waals surface area contributed by atoms with Crippen LogP contribution in [0.4, 0.5) is 11.6 Å². The van der Waals surface area contributed by atoms with E-state index in [9.17, 15) is 0 Å². The Kier molecular flexibility index (Phi) is 3.96. The summed E-state index contributed by atoms with van der Waals surface area (Å²) in [6, 6.07) is 7.95. The zero-order valence-corrected chi connectivity index (χ0v) is 10.3. The maximum absolute atomic E-state index is 5.59. The van der Waals surface area contributed by atoms with Crippen LogP contribution < -0.4 is 15.8 Å². The number of nitrogens with two attached hydrogens (primary N) is 1. The van der Waals surface area contributed by atoms with E-state index in [1.54, 1.807) is 12.4 Å². The second kappa shape index (κ2) is 5.86. The molecule has 2 aromatic rings. The van der Waals surface area contributed by atoms with Crippen LogP contribution in [0.2, 0.25) is 0 Å². The van der Waals surface area contributed by atoms with E-state index in [-0.39, 0.29) is 0 Å². The van der Waals surface area contributed by atoms with Gasteiger partial charge in [0.15, 0.2) is 0 Å². The Labute approximate surface area is 106 Å². The fourth-order valence-corrected chi connectivity index (χ4v) is 1.47. The first-order chi connectivity index (χ1) is 8.74. The number of rotatable bonds is 5. The van der Waals surface area contributed by atoms with E-state index in [0.29, 0.717) is 24.8 Å². The van der Waals surface area contributed by atoms with E-state index in [4.69, 9.17) is 10.5 Å². The van der Waals surface area contributed by atoms with E-state index < -0.39 is 0 Å². The minimum Gasteiger partial charge on any atom is -0.492 e. The van der Waals surface area contributed by atoms with E-state index in [0.717, 1.165) is 5.75 Å². The molecular weight excluding hydrogens is 228 g/mol. The molecule has 5 nitrogen and oxygen atoms in total. The topological polar surface area (TPSA) is 73.1 Å². The minimum absolute atomic E-state index is 0.552. The van der Waals surface area contributed by atoms with Gasteiger partial charge in [0.1, 0.15) is 12.4 Å². The fraction of sp³-hybridized carbons (Fsp3) is 0.231. The van der Waals surface area contributed by atoms with Gasteiger partial charge in [0.05, 0.1) is 24.6 Å². The minimum atomic E-state index is 0.552. The Morgan fingerprint density at radius 3 is 2.78 bits per heavy atom. The van der Waals surface area contributed by atoms with Crippen molar-refractivity contribution in [2.75, 3.05) is 24.2 Å². The SMILES string of the molecule is Cc1cccc(OCCNc2ncc(N)cn2)c1. The van der Waals surface area contributed by atoms with Crippen molar-refractivity contribution in [2.24, 2.45) is 0 Å². The Morgan fingerprint density at radius 1 is 1.28 bits per heavy atom. The van der Waals surface area contributed by atoms with Gasteiger partial charge in [-0.3, -0.25) is 0 Å². The lowest BCUT2D eigenvalue weighted by Crippen LogP contribution is -2.13. The average molecular weight is 244 g/mol. The third-order valence-corrected chi connectivity index (χ3v) is 2.32. The van der Waals surface area contributed by atoms with Crippen LogP contribution in [0.1, 0.15) is 5.56 Å². The first-order valence-electron chi connectivity index (χ1n) is 5.75. The molecule has 3 N–H and O–H groups in total. The van der Waals surface area contributed by atoms with Gasteiger partial charge in [0.2, 0.25) is 5.95 Å². The summed E-state index contributed by atoms with van der Waals surface area (Å²) in [4.78, 5) is 8.07. The van der Waals surface area contributed by atoms with E-state index in [1.165, 1.54) is 5.56 Å². The average Bonchev–Trinajstić information content (AvgIpc) is 2.37. The molecule has 1 heterocycles. The highest BCUT2D eigenvalue weighted by molar-refractivity contribution is 5.35. The zero-order chi connectivity index (χ0) is 12.8. The van der Waals surface area contributed by atoms with Crippen LogP contribution in [0.3, 0.4) is 0 Å². The Bertz CT molecular complexity index is 499. The second-order valence-electron chi connectivity index (χ2n) is 3.93. The van der Waals surface area contributed by atoms with Crippen LogP contribution >= 0.6 is 0 Å². The number of aryl methyl sites for hydroxylation is 1. The predicted octanol–water partition coefficient (Wildman–Crippen LogP) is 1.86. The molecule has 0 spiro atoms. The molecule has 0 aliphatic heterocycles. The lowest BCUT2D eigenvalue weighted by Gasteiger charge is -2.07. The number of anilines is 2. The number of hydrogen-bond donors (Lipinski definition) is 2. The van der Waals surface area contributed by atoms with Crippen molar-refractivity contribution in [3.05, 3.63) is 42.2 Å². The molecule has 18 heavy (non-hydrogen) atoms. The van der Waals surface area contributed by atoms with E-state index in [2.05, 4.69) is 15.3 Å². The van der Waals surface area contributed by atoms with Gasteiger partial charge in [0, 0.05) is 0 Å². The van der Waals surface area contributed by atoms with Crippen molar-refractivity contribution in [1.29, 1.82) is 0 Å². The normalized spacial score (nSPS) is 10.1. The van der Waals surface area contributed by atoms with E-state index in [1.807, 2.05) is 31.2 Å². The fourth-order valence-electron chi connectivity index (χ4n) is 1.47. The van der Waals surface area contributed by atoms with Gasteiger partial charge in [-0.1, -0.05) is 12.1 Å². The Morgan fingerprint density at radius 2 is 2.06 bits per heavy atom. The molecule has 1 aromatic carbocycles. The van der Waals surface area contributed by atoms with Crippen LogP contribution in [-0.2, 0) is 0 Å². The summed E-state index contributed by atoms with van der Waals surface area (Å²) >= 11 is 0. The lowest BCUT2D eigenvalue weighted by atomic mass is 10.2. The van der Waals surface area contributed by atoms with Gasteiger partial charge >= 0.3 is 0 Å². The van der Waals surface area contributed by atoms with Crippen LogP contribution in [0, 0.1) is 6.92 Å². The molecule has 0 atom stereocenters.